The Morgan fingerprint density at radius 2 is 1.63 bits per heavy atom. The number of nitrogens with zero attached hydrogens (tertiary/aromatic N) is 3. The summed E-state index contributed by atoms with van der Waals surface area (Å²) in [6, 6.07) is 1.52. The number of amides is 3. The van der Waals surface area contributed by atoms with E-state index < -0.39 is 101 Å². The number of aliphatic hydroxyl groups is 1. The number of nitrogens with one attached hydrogen (secondary N) is 6. The number of carbonyl (C=O) groups is 5. The van der Waals surface area contributed by atoms with E-state index in [1.54, 1.807) is 12.1 Å². The van der Waals surface area contributed by atoms with E-state index in [-0.39, 0.29) is 35.0 Å². The molecule has 3 amide bonds. The van der Waals surface area contributed by atoms with Gasteiger partial charge in [-0.1, -0.05) is 12.1 Å². The number of hydrogen-bond donors (Lipinski definition) is 12. The summed E-state index contributed by atoms with van der Waals surface area (Å²) in [6.07, 6.45) is -1.80. The predicted molar refractivity (Wildman–Crippen MR) is 184 cm³/mol. The predicted octanol–water partition coefficient (Wildman–Crippen LogP) is -2.90. The van der Waals surface area contributed by atoms with E-state index >= 15 is 0 Å². The van der Waals surface area contributed by atoms with Crippen LogP contribution in [0.25, 0.3) is 11.2 Å². The highest BCUT2D eigenvalue weighted by Gasteiger charge is 2.29. The first-order valence-corrected chi connectivity index (χ1v) is 17.4. The highest BCUT2D eigenvalue weighted by Crippen LogP contribution is 2.17. The largest absolute Gasteiger partial charge is 0.480 e. The molecule has 0 radical (unpaired) electrons. The third-order valence-corrected chi connectivity index (χ3v) is 8.11. The van der Waals surface area contributed by atoms with Crippen molar-refractivity contribution in [3.05, 3.63) is 52.1 Å². The van der Waals surface area contributed by atoms with Gasteiger partial charge in [0.15, 0.2) is 11.2 Å². The zero-order chi connectivity index (χ0) is 38.6. The van der Waals surface area contributed by atoms with Crippen LogP contribution in [0.3, 0.4) is 0 Å². The Morgan fingerprint density at radius 3 is 2.25 bits per heavy atom. The molecule has 2 heterocycles. The fraction of sp³-hybridized carbons (Fsp3) is 0.393. The molecule has 22 nitrogen and oxygen atoms in total. The maximum atomic E-state index is 12.8. The summed E-state index contributed by atoms with van der Waals surface area (Å²) in [5, 5.41) is 41.6. The number of aromatic nitrogens is 4. The molecule has 1 aromatic carbocycles. The van der Waals surface area contributed by atoms with Crippen molar-refractivity contribution in [2.45, 2.75) is 50.2 Å². The summed E-state index contributed by atoms with van der Waals surface area (Å²) >= 11 is 3.84. The molecular formula is C28H36N10O12S2. The Hall–Kier alpha value is -5.43. The van der Waals surface area contributed by atoms with E-state index in [9.17, 15) is 52.5 Å². The second-order valence-corrected chi connectivity index (χ2v) is 12.9. The molecule has 0 spiro atoms. The second kappa shape index (κ2) is 18.7. The summed E-state index contributed by atoms with van der Waals surface area (Å²) < 4.78 is 30.6. The molecule has 24 heteroatoms. The molecule has 0 saturated heterocycles. The monoisotopic (exact) mass is 768 g/mol. The van der Waals surface area contributed by atoms with Gasteiger partial charge in [-0.25, -0.2) is 14.8 Å². The van der Waals surface area contributed by atoms with Gasteiger partial charge in [-0.3, -0.25) is 38.8 Å². The van der Waals surface area contributed by atoms with E-state index in [0.29, 0.717) is 11.4 Å². The minimum Gasteiger partial charge on any atom is -0.480 e. The molecule has 4 atom stereocenters. The van der Waals surface area contributed by atoms with Gasteiger partial charge < -0.3 is 42.3 Å². The molecule has 0 fully saturated rings. The summed E-state index contributed by atoms with van der Waals surface area (Å²) in [5.74, 6) is -7.09. The first-order chi connectivity index (χ1) is 24.4. The Bertz CT molecular complexity index is 1950. The van der Waals surface area contributed by atoms with Crippen molar-refractivity contribution < 1.29 is 52.3 Å². The van der Waals surface area contributed by atoms with Gasteiger partial charge in [-0.15, -0.1) is 0 Å². The zero-order valence-corrected chi connectivity index (χ0v) is 28.7. The van der Waals surface area contributed by atoms with Crippen LogP contribution in [-0.2, 0) is 40.6 Å². The summed E-state index contributed by atoms with van der Waals surface area (Å²) in [6.45, 7) is -0.368. The van der Waals surface area contributed by atoms with E-state index in [4.69, 9.17) is 10.3 Å². The first-order valence-electron chi connectivity index (χ1n) is 15.1. The van der Waals surface area contributed by atoms with Crippen molar-refractivity contribution in [2.24, 2.45) is 0 Å². The standard InChI is InChI=1S/C28H36N10O12S2/c29-28-37-22-21(25(43)38-28)33-15(11-32-22)10-31-14-3-1-13(2-4-14)23(41)35-16(26(44)45)5-6-19(39)34-17(24(42)36-18(12-51)27(46)47)9-20(40)30-7-8-52(48,49)50/h1-4,11,16-18,23,31,35,41,51H,5-10,12H2,(H,30,40)(H,34,39)(H,36,42)(H,44,45)(H,46,47)(H,48,49,50)(H3,29,32,37,38,43)/t16-,17-,18-,23?/m0/s1. The highest BCUT2D eigenvalue weighted by atomic mass is 32.2. The second-order valence-electron chi connectivity index (χ2n) is 11.0. The number of thiol groups is 1. The molecular weight excluding hydrogens is 733 g/mol. The number of benzene rings is 1. The highest BCUT2D eigenvalue weighted by molar-refractivity contribution is 7.85. The van der Waals surface area contributed by atoms with Gasteiger partial charge in [0.1, 0.15) is 24.4 Å². The number of rotatable bonds is 20. The smallest absolute Gasteiger partial charge is 0.327 e. The van der Waals surface area contributed by atoms with Crippen LogP contribution in [0.2, 0.25) is 0 Å². The lowest BCUT2D eigenvalue weighted by Gasteiger charge is -2.22. The lowest BCUT2D eigenvalue weighted by molar-refractivity contribution is -0.141. The van der Waals surface area contributed by atoms with Crippen LogP contribution < -0.4 is 37.9 Å². The summed E-state index contributed by atoms with van der Waals surface area (Å²) in [4.78, 5) is 87.8. The SMILES string of the molecule is Nc1nc2ncc(CNc3ccc(C(O)N[C@@H](CCC(=O)N[C@@H](CC(=O)NCCS(=O)(=O)O)C(=O)N[C@@H](CS)C(=O)O)C(=O)O)cc3)nc2c(=O)[nH]1. The third-order valence-electron chi connectivity index (χ3n) is 7.02. The number of fused-ring (bicyclic) bond motifs is 1. The maximum absolute atomic E-state index is 12.8. The molecule has 12 N–H and O–H groups in total. The minimum absolute atomic E-state index is 0.00542. The molecule has 2 aromatic heterocycles. The fourth-order valence-corrected chi connectivity index (χ4v) is 4.99. The number of anilines is 2. The van der Waals surface area contributed by atoms with Gasteiger partial charge >= 0.3 is 11.9 Å². The van der Waals surface area contributed by atoms with Crippen LogP contribution in [0.15, 0.2) is 35.3 Å². The van der Waals surface area contributed by atoms with E-state index in [1.807, 2.05) is 0 Å². The van der Waals surface area contributed by atoms with Gasteiger partial charge in [0.25, 0.3) is 15.7 Å². The van der Waals surface area contributed by atoms with Crippen LogP contribution in [0.5, 0.6) is 0 Å². The lowest BCUT2D eigenvalue weighted by Crippen LogP contribution is -2.53. The van der Waals surface area contributed by atoms with Crippen molar-refractivity contribution >= 4 is 75.2 Å². The fourth-order valence-electron chi connectivity index (χ4n) is 4.38. The molecule has 0 saturated carbocycles. The molecule has 0 aliphatic heterocycles. The molecule has 0 aliphatic carbocycles. The number of carboxylic acids is 2. The third kappa shape index (κ3) is 13.0. The summed E-state index contributed by atoms with van der Waals surface area (Å²) in [7, 11) is -4.41. The van der Waals surface area contributed by atoms with Gasteiger partial charge in [0.05, 0.1) is 30.6 Å². The van der Waals surface area contributed by atoms with Crippen LogP contribution in [-0.4, -0.2) is 114 Å². The van der Waals surface area contributed by atoms with Gasteiger partial charge in [-0.05, 0) is 24.1 Å². The van der Waals surface area contributed by atoms with Gasteiger partial charge in [0.2, 0.25) is 23.7 Å². The van der Waals surface area contributed by atoms with Gasteiger partial charge in [0, 0.05) is 24.4 Å². The van der Waals surface area contributed by atoms with Crippen LogP contribution in [0.1, 0.15) is 36.7 Å². The number of carboxylic acid groups (broad SMARTS) is 2. The van der Waals surface area contributed by atoms with Crippen LogP contribution >= 0.6 is 12.6 Å². The van der Waals surface area contributed by atoms with Crippen molar-refractivity contribution in [1.82, 2.24) is 41.2 Å². The normalized spacial score (nSPS) is 13.7. The number of hydrogen-bond acceptors (Lipinski definition) is 16. The number of carbonyl (C=O) groups excluding carboxylic acids is 3. The molecule has 282 valence electrons. The summed E-state index contributed by atoms with van der Waals surface area (Å²) in [5.41, 5.74) is 6.30. The molecule has 3 aromatic rings. The number of aliphatic hydroxyl groups excluding tert-OH is 1. The molecule has 1 unspecified atom stereocenters. The van der Waals surface area contributed by atoms with E-state index in [2.05, 4.69) is 59.1 Å². The number of nitrogen functional groups attached to an aromatic ring is 1. The zero-order valence-electron chi connectivity index (χ0n) is 27.0. The van der Waals surface area contributed by atoms with Crippen molar-refractivity contribution in [3.8, 4) is 0 Å². The number of aromatic amines is 1. The van der Waals surface area contributed by atoms with Crippen molar-refractivity contribution in [3.63, 3.8) is 0 Å². The van der Waals surface area contributed by atoms with Crippen LogP contribution in [0, 0.1) is 0 Å². The quantitative estimate of drug-likeness (QED) is 0.0311. The number of aliphatic carboxylic acids is 2. The molecule has 0 aliphatic rings. The average Bonchev–Trinajstić information content (AvgIpc) is 3.07. The van der Waals surface area contributed by atoms with E-state index in [1.165, 1.54) is 18.3 Å². The van der Waals surface area contributed by atoms with Crippen molar-refractivity contribution in [1.29, 1.82) is 0 Å². The topological polar surface area (TPSA) is 358 Å². The average molecular weight is 769 g/mol. The first kappa shape index (κ1) is 41.0. The Morgan fingerprint density at radius 1 is 0.962 bits per heavy atom. The van der Waals surface area contributed by atoms with Crippen LogP contribution in [0.4, 0.5) is 11.6 Å². The molecule has 0 bridgehead atoms. The number of H-pyrrole nitrogens is 1. The lowest BCUT2D eigenvalue weighted by atomic mass is 10.1. The Labute approximate surface area is 299 Å². The Kier molecular flexibility index (Phi) is 14.7. The number of nitrogens with two attached hydrogens (primary N) is 1. The van der Waals surface area contributed by atoms with E-state index in [0.717, 1.165) is 0 Å². The maximum Gasteiger partial charge on any atom is 0.327 e. The minimum atomic E-state index is -4.41. The Balaban J connectivity index is 1.58. The molecule has 3 rings (SSSR count). The van der Waals surface area contributed by atoms with Crippen molar-refractivity contribution in [2.75, 3.05) is 29.1 Å². The van der Waals surface area contributed by atoms with Gasteiger partial charge in [-0.2, -0.15) is 26.0 Å². The molecule has 52 heavy (non-hydrogen) atoms.